The Morgan fingerprint density at radius 3 is 2.67 bits per heavy atom. The molecular weight excluding hydrogens is 144 g/mol. The van der Waals surface area contributed by atoms with E-state index in [-0.39, 0.29) is 0 Å². The summed E-state index contributed by atoms with van der Waals surface area (Å²) in [4.78, 5) is 0. The summed E-state index contributed by atoms with van der Waals surface area (Å²) in [6.45, 7) is 4.55. The van der Waals surface area contributed by atoms with Crippen LogP contribution in [0.1, 0.15) is 30.9 Å². The van der Waals surface area contributed by atoms with E-state index in [2.05, 4.69) is 50.3 Å². The molecule has 12 heavy (non-hydrogen) atoms. The molecular formula is C12H14. The van der Waals surface area contributed by atoms with Gasteiger partial charge in [0, 0.05) is 5.92 Å². The molecule has 1 aromatic rings. The van der Waals surface area contributed by atoms with Gasteiger partial charge in [-0.3, -0.25) is 0 Å². The predicted molar refractivity (Wildman–Crippen MR) is 53.1 cm³/mol. The number of hydrogen-bond acceptors (Lipinski definition) is 0. The van der Waals surface area contributed by atoms with Crippen molar-refractivity contribution in [1.29, 1.82) is 0 Å². The summed E-state index contributed by atoms with van der Waals surface area (Å²) >= 11 is 0. The van der Waals surface area contributed by atoms with E-state index in [0.717, 1.165) is 0 Å². The van der Waals surface area contributed by atoms with Crippen molar-refractivity contribution in [2.45, 2.75) is 19.8 Å². The van der Waals surface area contributed by atoms with Gasteiger partial charge in [-0.15, -0.1) is 0 Å². The lowest BCUT2D eigenvalue weighted by Crippen LogP contribution is -2.00. The second kappa shape index (κ2) is 2.78. The summed E-state index contributed by atoms with van der Waals surface area (Å²) in [7, 11) is 0. The van der Waals surface area contributed by atoms with E-state index in [0.29, 0.717) is 11.8 Å². The Balaban J connectivity index is 2.42. The zero-order valence-corrected chi connectivity index (χ0v) is 7.62. The number of rotatable bonds is 1. The molecule has 0 N–H and O–H groups in total. The van der Waals surface area contributed by atoms with E-state index in [1.54, 1.807) is 0 Å². The topological polar surface area (TPSA) is 0 Å². The summed E-state index contributed by atoms with van der Waals surface area (Å²) in [6.07, 6.45) is 4.55. The lowest BCUT2D eigenvalue weighted by atomic mass is 9.90. The first-order chi connectivity index (χ1) is 5.79. The molecule has 1 aliphatic carbocycles. The average Bonchev–Trinajstić information content (AvgIpc) is 2.47. The van der Waals surface area contributed by atoms with Crippen LogP contribution < -0.4 is 0 Å². The van der Waals surface area contributed by atoms with Crippen LogP contribution in [0.15, 0.2) is 30.3 Å². The third-order valence-corrected chi connectivity index (χ3v) is 2.56. The molecule has 2 rings (SSSR count). The molecule has 0 heteroatoms. The van der Waals surface area contributed by atoms with E-state index in [4.69, 9.17) is 0 Å². The maximum atomic E-state index is 2.31. The van der Waals surface area contributed by atoms with Crippen molar-refractivity contribution in [3.8, 4) is 0 Å². The van der Waals surface area contributed by atoms with E-state index >= 15 is 0 Å². The highest BCUT2D eigenvalue weighted by molar-refractivity contribution is 5.62. The Labute approximate surface area is 73.9 Å². The van der Waals surface area contributed by atoms with Crippen molar-refractivity contribution in [3.05, 3.63) is 41.5 Å². The van der Waals surface area contributed by atoms with Gasteiger partial charge >= 0.3 is 0 Å². The molecule has 0 saturated carbocycles. The first kappa shape index (κ1) is 7.60. The SMILES string of the molecule is CC(C)C1C=Cc2ccccc21. The zero-order chi connectivity index (χ0) is 8.55. The minimum Gasteiger partial charge on any atom is -0.0761 e. The maximum Gasteiger partial charge on any atom is 0.00502 e. The standard InChI is InChI=1S/C12H14/c1-9(2)11-8-7-10-5-3-4-6-12(10)11/h3-9,11H,1-2H3. The number of hydrogen-bond donors (Lipinski definition) is 0. The fourth-order valence-corrected chi connectivity index (χ4v) is 1.86. The molecule has 0 nitrogen and oxygen atoms in total. The largest absolute Gasteiger partial charge is 0.0761 e. The van der Waals surface area contributed by atoms with Crippen molar-refractivity contribution in [3.63, 3.8) is 0 Å². The highest BCUT2D eigenvalue weighted by Crippen LogP contribution is 2.34. The Morgan fingerprint density at radius 2 is 1.92 bits per heavy atom. The van der Waals surface area contributed by atoms with Crippen LogP contribution in [0.3, 0.4) is 0 Å². The van der Waals surface area contributed by atoms with Gasteiger partial charge in [-0.1, -0.05) is 50.3 Å². The van der Waals surface area contributed by atoms with Gasteiger partial charge in [0.25, 0.3) is 0 Å². The van der Waals surface area contributed by atoms with Crippen molar-refractivity contribution in [2.75, 3.05) is 0 Å². The molecule has 0 aromatic heterocycles. The van der Waals surface area contributed by atoms with Gasteiger partial charge in [0.15, 0.2) is 0 Å². The molecule has 0 amide bonds. The summed E-state index contributed by atoms with van der Waals surface area (Å²) in [6, 6.07) is 8.65. The smallest absolute Gasteiger partial charge is 0.00502 e. The first-order valence-electron chi connectivity index (χ1n) is 4.56. The molecule has 0 aliphatic heterocycles. The van der Waals surface area contributed by atoms with Crippen LogP contribution in [0.2, 0.25) is 0 Å². The second-order valence-electron chi connectivity index (χ2n) is 3.76. The fraction of sp³-hybridized carbons (Fsp3) is 0.333. The first-order valence-corrected chi connectivity index (χ1v) is 4.56. The third-order valence-electron chi connectivity index (χ3n) is 2.56. The molecule has 0 radical (unpaired) electrons. The molecule has 1 aromatic carbocycles. The second-order valence-corrected chi connectivity index (χ2v) is 3.76. The minimum atomic E-state index is 0.640. The van der Waals surface area contributed by atoms with Crippen LogP contribution in [0.25, 0.3) is 6.08 Å². The predicted octanol–water partition coefficient (Wildman–Crippen LogP) is 3.45. The van der Waals surface area contributed by atoms with Crippen LogP contribution in [0.4, 0.5) is 0 Å². The Hall–Kier alpha value is -1.04. The summed E-state index contributed by atoms with van der Waals surface area (Å²) in [5.41, 5.74) is 2.89. The van der Waals surface area contributed by atoms with Crippen molar-refractivity contribution in [2.24, 2.45) is 5.92 Å². The quantitative estimate of drug-likeness (QED) is 0.587. The summed E-state index contributed by atoms with van der Waals surface area (Å²) < 4.78 is 0. The van der Waals surface area contributed by atoms with Crippen molar-refractivity contribution in [1.82, 2.24) is 0 Å². The van der Waals surface area contributed by atoms with Crippen LogP contribution in [-0.2, 0) is 0 Å². The zero-order valence-electron chi connectivity index (χ0n) is 7.62. The van der Waals surface area contributed by atoms with Crippen LogP contribution >= 0.6 is 0 Å². The van der Waals surface area contributed by atoms with Crippen LogP contribution in [0, 0.1) is 5.92 Å². The van der Waals surface area contributed by atoms with Gasteiger partial charge < -0.3 is 0 Å². The average molecular weight is 158 g/mol. The Morgan fingerprint density at radius 1 is 1.17 bits per heavy atom. The van der Waals surface area contributed by atoms with Crippen molar-refractivity contribution < 1.29 is 0 Å². The fourth-order valence-electron chi connectivity index (χ4n) is 1.86. The lowest BCUT2D eigenvalue weighted by Gasteiger charge is -2.14. The summed E-state index contributed by atoms with van der Waals surface area (Å²) in [5.74, 6) is 1.35. The molecule has 1 aliphatic rings. The third kappa shape index (κ3) is 1.08. The Bertz CT molecular complexity index is 308. The van der Waals surface area contributed by atoms with Crippen LogP contribution in [0.5, 0.6) is 0 Å². The highest BCUT2D eigenvalue weighted by Gasteiger charge is 2.18. The molecule has 0 spiro atoms. The molecule has 1 unspecified atom stereocenters. The van der Waals surface area contributed by atoms with E-state index in [9.17, 15) is 0 Å². The van der Waals surface area contributed by atoms with Gasteiger partial charge in [0.05, 0.1) is 0 Å². The monoisotopic (exact) mass is 158 g/mol. The molecule has 62 valence electrons. The van der Waals surface area contributed by atoms with E-state index < -0.39 is 0 Å². The number of benzene rings is 1. The molecule has 0 heterocycles. The van der Waals surface area contributed by atoms with E-state index in [1.807, 2.05) is 0 Å². The van der Waals surface area contributed by atoms with Crippen molar-refractivity contribution >= 4 is 6.08 Å². The highest BCUT2D eigenvalue weighted by atomic mass is 14.2. The van der Waals surface area contributed by atoms with Gasteiger partial charge in [-0.05, 0) is 17.0 Å². The Kier molecular flexibility index (Phi) is 1.76. The molecule has 0 saturated heterocycles. The normalized spacial score (nSPS) is 20.1. The lowest BCUT2D eigenvalue weighted by molar-refractivity contribution is 0.584. The molecule has 0 bridgehead atoms. The van der Waals surface area contributed by atoms with Gasteiger partial charge in [-0.25, -0.2) is 0 Å². The molecule has 1 atom stereocenters. The number of fused-ring (bicyclic) bond motifs is 1. The number of allylic oxidation sites excluding steroid dienone is 1. The van der Waals surface area contributed by atoms with Gasteiger partial charge in [0.1, 0.15) is 0 Å². The maximum absolute atomic E-state index is 2.31. The van der Waals surface area contributed by atoms with Gasteiger partial charge in [-0.2, -0.15) is 0 Å². The van der Waals surface area contributed by atoms with Gasteiger partial charge in [0.2, 0.25) is 0 Å². The summed E-state index contributed by atoms with van der Waals surface area (Å²) in [5, 5.41) is 0. The molecule has 0 fully saturated rings. The van der Waals surface area contributed by atoms with Crippen LogP contribution in [-0.4, -0.2) is 0 Å². The minimum absolute atomic E-state index is 0.640. The van der Waals surface area contributed by atoms with E-state index in [1.165, 1.54) is 11.1 Å².